The summed E-state index contributed by atoms with van der Waals surface area (Å²) in [7, 11) is 0. The van der Waals surface area contributed by atoms with Gasteiger partial charge in [0.25, 0.3) is 5.91 Å². The summed E-state index contributed by atoms with van der Waals surface area (Å²) < 4.78 is 19.2. The van der Waals surface area contributed by atoms with Crippen LogP contribution in [0.4, 0.5) is 4.39 Å². The number of carbonyl (C=O) groups is 2. The predicted molar refractivity (Wildman–Crippen MR) is 123 cm³/mol. The van der Waals surface area contributed by atoms with Crippen LogP contribution < -0.4 is 10.1 Å². The zero-order valence-corrected chi connectivity index (χ0v) is 19.2. The van der Waals surface area contributed by atoms with Crippen molar-refractivity contribution in [1.82, 2.24) is 10.2 Å². The van der Waals surface area contributed by atoms with Crippen LogP contribution in [-0.2, 0) is 16.1 Å². The van der Waals surface area contributed by atoms with Crippen LogP contribution in [0.3, 0.4) is 0 Å². The van der Waals surface area contributed by atoms with E-state index in [1.807, 2.05) is 32.0 Å². The molecule has 1 saturated carbocycles. The van der Waals surface area contributed by atoms with E-state index >= 15 is 0 Å². The number of halogens is 1. The highest BCUT2D eigenvalue weighted by Crippen LogP contribution is 2.20. The number of nitrogens with zero attached hydrogens (tertiary/aromatic N) is 1. The van der Waals surface area contributed by atoms with E-state index in [1.165, 1.54) is 23.5 Å². The molecule has 0 aliphatic heterocycles. The lowest BCUT2D eigenvalue weighted by Gasteiger charge is -2.31. The standard InChI is InChI=1S/C26H33FN2O3/c1-18-9-10-19(2)24(15-18)32-17-25(30)29(16-21-11-13-22(27)14-12-21)20(3)26(31)28-23-7-5-4-6-8-23/h9-15,20,23H,4-8,16-17H2,1-3H3,(H,28,31)/t20-/m0/s1. The molecule has 0 aromatic heterocycles. The third-order valence-electron chi connectivity index (χ3n) is 6.08. The number of amides is 2. The quantitative estimate of drug-likeness (QED) is 0.648. The predicted octanol–water partition coefficient (Wildman–Crippen LogP) is 4.69. The Labute approximate surface area is 190 Å². The van der Waals surface area contributed by atoms with Crippen molar-refractivity contribution in [1.29, 1.82) is 0 Å². The molecule has 1 aliphatic carbocycles. The van der Waals surface area contributed by atoms with Crippen molar-refractivity contribution in [2.24, 2.45) is 0 Å². The molecular formula is C26H33FN2O3. The van der Waals surface area contributed by atoms with Crippen LogP contribution in [0.15, 0.2) is 42.5 Å². The van der Waals surface area contributed by atoms with Crippen molar-refractivity contribution >= 4 is 11.8 Å². The van der Waals surface area contributed by atoms with E-state index in [0.717, 1.165) is 42.4 Å². The van der Waals surface area contributed by atoms with Crippen molar-refractivity contribution in [2.75, 3.05) is 6.61 Å². The van der Waals surface area contributed by atoms with Gasteiger partial charge in [-0.25, -0.2) is 4.39 Å². The summed E-state index contributed by atoms with van der Waals surface area (Å²) in [6, 6.07) is 11.3. The number of ether oxygens (including phenoxy) is 1. The average molecular weight is 441 g/mol. The van der Waals surface area contributed by atoms with Gasteiger partial charge in [0.05, 0.1) is 0 Å². The number of rotatable bonds is 8. The molecule has 5 nitrogen and oxygen atoms in total. The molecule has 172 valence electrons. The Bertz CT molecular complexity index is 923. The largest absolute Gasteiger partial charge is 0.483 e. The minimum absolute atomic E-state index is 0.160. The summed E-state index contributed by atoms with van der Waals surface area (Å²) >= 11 is 0. The van der Waals surface area contributed by atoms with Gasteiger partial charge in [-0.3, -0.25) is 9.59 Å². The number of aryl methyl sites for hydroxylation is 2. The molecule has 0 unspecified atom stereocenters. The van der Waals surface area contributed by atoms with Gasteiger partial charge in [0, 0.05) is 12.6 Å². The van der Waals surface area contributed by atoms with Crippen LogP contribution in [0.1, 0.15) is 55.7 Å². The summed E-state index contributed by atoms with van der Waals surface area (Å²) in [5.74, 6) is -0.145. The molecule has 1 aliphatic rings. The molecule has 0 saturated heterocycles. The number of hydrogen-bond donors (Lipinski definition) is 1. The molecule has 2 aromatic carbocycles. The Kier molecular flexibility index (Phi) is 8.26. The minimum atomic E-state index is -0.670. The molecule has 1 N–H and O–H groups in total. The van der Waals surface area contributed by atoms with Gasteiger partial charge < -0.3 is 15.0 Å². The zero-order chi connectivity index (χ0) is 23.1. The Morgan fingerprint density at radius 3 is 2.47 bits per heavy atom. The van der Waals surface area contributed by atoms with Gasteiger partial charge in [0.1, 0.15) is 17.6 Å². The lowest BCUT2D eigenvalue weighted by molar-refractivity contribution is -0.142. The van der Waals surface area contributed by atoms with E-state index in [1.54, 1.807) is 19.1 Å². The van der Waals surface area contributed by atoms with Gasteiger partial charge in [-0.2, -0.15) is 0 Å². The monoisotopic (exact) mass is 440 g/mol. The van der Waals surface area contributed by atoms with E-state index in [0.29, 0.717) is 5.75 Å². The fourth-order valence-corrected chi connectivity index (χ4v) is 4.02. The highest BCUT2D eigenvalue weighted by atomic mass is 19.1. The Morgan fingerprint density at radius 1 is 1.09 bits per heavy atom. The molecule has 1 fully saturated rings. The topological polar surface area (TPSA) is 58.6 Å². The fraction of sp³-hybridized carbons (Fsp3) is 0.462. The van der Waals surface area contributed by atoms with Crippen molar-refractivity contribution in [2.45, 2.75) is 71.5 Å². The average Bonchev–Trinajstić information content (AvgIpc) is 2.79. The normalized spacial score (nSPS) is 15.1. The molecule has 2 aromatic rings. The Morgan fingerprint density at radius 2 is 1.78 bits per heavy atom. The third kappa shape index (κ3) is 6.55. The van der Waals surface area contributed by atoms with E-state index in [2.05, 4.69) is 5.32 Å². The molecule has 3 rings (SSSR count). The summed E-state index contributed by atoms with van der Waals surface area (Å²) in [6.07, 6.45) is 5.37. The lowest BCUT2D eigenvalue weighted by Crippen LogP contribution is -2.51. The number of benzene rings is 2. The SMILES string of the molecule is Cc1ccc(C)c(OCC(=O)N(Cc2ccc(F)cc2)[C@@H](C)C(=O)NC2CCCCC2)c1. The first-order chi connectivity index (χ1) is 15.3. The van der Waals surface area contributed by atoms with Crippen LogP contribution in [0.2, 0.25) is 0 Å². The van der Waals surface area contributed by atoms with Crippen LogP contribution in [0, 0.1) is 19.7 Å². The fourth-order valence-electron chi connectivity index (χ4n) is 4.02. The Balaban J connectivity index is 1.72. The number of carbonyl (C=O) groups excluding carboxylic acids is 2. The summed E-state index contributed by atoms with van der Waals surface area (Å²) in [5.41, 5.74) is 2.74. The van der Waals surface area contributed by atoms with Crippen LogP contribution >= 0.6 is 0 Å². The van der Waals surface area contributed by atoms with E-state index < -0.39 is 6.04 Å². The van der Waals surface area contributed by atoms with Gasteiger partial charge in [-0.05, 0) is 68.5 Å². The van der Waals surface area contributed by atoms with Crippen LogP contribution in [0.25, 0.3) is 0 Å². The first kappa shape index (κ1) is 23.8. The zero-order valence-electron chi connectivity index (χ0n) is 19.2. The van der Waals surface area contributed by atoms with Crippen molar-refractivity contribution in [3.63, 3.8) is 0 Å². The van der Waals surface area contributed by atoms with E-state index in [-0.39, 0.29) is 36.8 Å². The van der Waals surface area contributed by atoms with E-state index in [4.69, 9.17) is 4.74 Å². The first-order valence-corrected chi connectivity index (χ1v) is 11.4. The maximum atomic E-state index is 13.3. The molecule has 6 heteroatoms. The number of hydrogen-bond acceptors (Lipinski definition) is 3. The summed E-state index contributed by atoms with van der Waals surface area (Å²) in [5, 5.41) is 3.11. The van der Waals surface area contributed by atoms with Gasteiger partial charge in [-0.1, -0.05) is 43.5 Å². The molecule has 0 bridgehead atoms. The molecule has 2 amide bonds. The highest BCUT2D eigenvalue weighted by Gasteiger charge is 2.28. The second-order valence-corrected chi connectivity index (χ2v) is 8.73. The summed E-state index contributed by atoms with van der Waals surface area (Å²) in [4.78, 5) is 27.6. The van der Waals surface area contributed by atoms with Gasteiger partial charge in [0.15, 0.2) is 6.61 Å². The van der Waals surface area contributed by atoms with E-state index in [9.17, 15) is 14.0 Å². The van der Waals surface area contributed by atoms with Crippen molar-refractivity contribution in [3.8, 4) is 5.75 Å². The highest BCUT2D eigenvalue weighted by molar-refractivity contribution is 5.88. The van der Waals surface area contributed by atoms with Gasteiger partial charge in [0.2, 0.25) is 5.91 Å². The maximum absolute atomic E-state index is 13.3. The molecule has 0 spiro atoms. The molecule has 1 atom stereocenters. The smallest absolute Gasteiger partial charge is 0.261 e. The van der Waals surface area contributed by atoms with Gasteiger partial charge in [-0.15, -0.1) is 0 Å². The number of nitrogens with one attached hydrogen (secondary N) is 1. The molecule has 0 radical (unpaired) electrons. The lowest BCUT2D eigenvalue weighted by atomic mass is 9.95. The summed E-state index contributed by atoms with van der Waals surface area (Å²) in [6.45, 7) is 5.65. The van der Waals surface area contributed by atoms with Crippen molar-refractivity contribution in [3.05, 3.63) is 65.0 Å². The molecular weight excluding hydrogens is 407 g/mol. The third-order valence-corrected chi connectivity index (χ3v) is 6.08. The second kappa shape index (κ2) is 11.1. The molecule has 0 heterocycles. The molecule has 32 heavy (non-hydrogen) atoms. The Hall–Kier alpha value is -2.89. The second-order valence-electron chi connectivity index (χ2n) is 8.73. The first-order valence-electron chi connectivity index (χ1n) is 11.4. The minimum Gasteiger partial charge on any atom is -0.483 e. The van der Waals surface area contributed by atoms with Gasteiger partial charge >= 0.3 is 0 Å². The van der Waals surface area contributed by atoms with Crippen LogP contribution in [0.5, 0.6) is 5.75 Å². The maximum Gasteiger partial charge on any atom is 0.261 e. The van der Waals surface area contributed by atoms with Crippen LogP contribution in [-0.4, -0.2) is 35.4 Å². The van der Waals surface area contributed by atoms with Crippen molar-refractivity contribution < 1.29 is 18.7 Å².